The maximum absolute atomic E-state index is 10.6. The number of amidine groups is 1. The van der Waals surface area contributed by atoms with E-state index < -0.39 is 4.92 Å². The summed E-state index contributed by atoms with van der Waals surface area (Å²) in [6.45, 7) is 4.82. The Morgan fingerprint density at radius 1 is 1.44 bits per heavy atom. The molecule has 1 heterocycles. The molecule has 1 unspecified atom stereocenters. The van der Waals surface area contributed by atoms with E-state index >= 15 is 0 Å². The molecule has 18 heavy (non-hydrogen) atoms. The average molecular weight is 249 g/mol. The minimum Gasteiger partial charge on any atom is -0.364 e. The summed E-state index contributed by atoms with van der Waals surface area (Å²) in [4.78, 5) is 17.6. The first-order valence-electron chi connectivity index (χ1n) is 5.85. The van der Waals surface area contributed by atoms with E-state index in [0.717, 1.165) is 24.4 Å². The maximum atomic E-state index is 10.6. The predicted octanol–water partition coefficient (Wildman–Crippen LogP) is 2.67. The number of hydrogen-bond donors (Lipinski definition) is 0. The van der Waals surface area contributed by atoms with Crippen molar-refractivity contribution >= 4 is 11.5 Å². The summed E-state index contributed by atoms with van der Waals surface area (Å²) in [5.41, 5.74) is 0.950. The van der Waals surface area contributed by atoms with Gasteiger partial charge in [0.15, 0.2) is 0 Å². The van der Waals surface area contributed by atoms with E-state index in [9.17, 15) is 10.1 Å². The van der Waals surface area contributed by atoms with Gasteiger partial charge in [-0.15, -0.1) is 0 Å². The predicted molar refractivity (Wildman–Crippen MR) is 67.0 cm³/mol. The zero-order valence-corrected chi connectivity index (χ0v) is 10.4. The molecule has 0 bridgehead atoms. The van der Waals surface area contributed by atoms with Gasteiger partial charge >= 0.3 is 0 Å². The molecular formula is C12H15N3O3. The molecule has 1 aromatic rings. The monoisotopic (exact) mass is 249 g/mol. The van der Waals surface area contributed by atoms with Crippen LogP contribution in [0.3, 0.4) is 0 Å². The summed E-state index contributed by atoms with van der Waals surface area (Å²) in [7, 11) is 0. The largest absolute Gasteiger partial charge is 0.364 e. The van der Waals surface area contributed by atoms with Crippen LogP contribution in [0.15, 0.2) is 29.4 Å². The molecule has 96 valence electrons. The van der Waals surface area contributed by atoms with Gasteiger partial charge in [-0.1, -0.05) is 12.1 Å². The second-order valence-electron chi connectivity index (χ2n) is 4.14. The highest BCUT2D eigenvalue weighted by molar-refractivity contribution is 5.80. The van der Waals surface area contributed by atoms with Gasteiger partial charge in [0.2, 0.25) is 6.23 Å². The molecule has 0 amide bonds. The van der Waals surface area contributed by atoms with Gasteiger partial charge in [0.1, 0.15) is 5.84 Å². The minimum atomic E-state index is -0.412. The van der Waals surface area contributed by atoms with E-state index in [4.69, 9.17) is 4.84 Å². The molecule has 2 rings (SSSR count). The van der Waals surface area contributed by atoms with E-state index in [1.165, 1.54) is 12.1 Å². The van der Waals surface area contributed by atoms with Crippen LogP contribution in [-0.4, -0.2) is 22.2 Å². The molecule has 1 atom stereocenters. The lowest BCUT2D eigenvalue weighted by Gasteiger charge is -2.23. The molecule has 1 aliphatic heterocycles. The highest BCUT2D eigenvalue weighted by Gasteiger charge is 2.28. The second-order valence-corrected chi connectivity index (χ2v) is 4.14. The van der Waals surface area contributed by atoms with E-state index in [1.54, 1.807) is 12.1 Å². The van der Waals surface area contributed by atoms with Gasteiger partial charge in [0.25, 0.3) is 5.69 Å². The summed E-state index contributed by atoms with van der Waals surface area (Å²) in [5, 5.41) is 14.6. The number of nitrogens with zero attached hydrogens (tertiary/aromatic N) is 3. The Morgan fingerprint density at radius 3 is 2.67 bits per heavy atom. The molecule has 1 aliphatic rings. The minimum absolute atomic E-state index is 0.0800. The molecule has 0 saturated heterocycles. The molecular weight excluding hydrogens is 234 g/mol. The van der Waals surface area contributed by atoms with Crippen LogP contribution < -0.4 is 0 Å². The van der Waals surface area contributed by atoms with Gasteiger partial charge in [-0.3, -0.25) is 10.1 Å². The van der Waals surface area contributed by atoms with Crippen molar-refractivity contribution in [1.29, 1.82) is 0 Å². The second kappa shape index (κ2) is 5.03. The summed E-state index contributed by atoms with van der Waals surface area (Å²) in [5.74, 6) is 0.834. The molecule has 0 radical (unpaired) electrons. The first-order chi connectivity index (χ1) is 8.63. The lowest BCUT2D eigenvalue weighted by Crippen LogP contribution is -2.29. The van der Waals surface area contributed by atoms with Crippen LogP contribution in [0.4, 0.5) is 5.69 Å². The summed E-state index contributed by atoms with van der Waals surface area (Å²) < 4.78 is 0. The number of nitro groups is 1. The number of hydrogen-bond acceptors (Lipinski definition) is 5. The topological polar surface area (TPSA) is 68.0 Å². The van der Waals surface area contributed by atoms with Crippen molar-refractivity contribution in [2.45, 2.75) is 26.5 Å². The Balaban J connectivity index is 2.19. The third-order valence-electron chi connectivity index (χ3n) is 2.84. The number of nitro benzene ring substituents is 1. The summed E-state index contributed by atoms with van der Waals surface area (Å²) >= 11 is 0. The summed E-state index contributed by atoms with van der Waals surface area (Å²) in [6, 6.07) is 6.38. The fourth-order valence-electron chi connectivity index (χ4n) is 1.93. The highest BCUT2D eigenvalue weighted by atomic mass is 16.7. The lowest BCUT2D eigenvalue weighted by molar-refractivity contribution is -0.384. The normalized spacial score (nSPS) is 18.4. The van der Waals surface area contributed by atoms with E-state index in [-0.39, 0.29) is 11.9 Å². The Kier molecular flexibility index (Phi) is 3.45. The Labute approximate surface area is 105 Å². The highest BCUT2D eigenvalue weighted by Crippen LogP contribution is 2.29. The van der Waals surface area contributed by atoms with Crippen LogP contribution in [0.2, 0.25) is 0 Å². The van der Waals surface area contributed by atoms with Gasteiger partial charge in [0.05, 0.1) is 4.92 Å². The number of rotatable bonds is 4. The van der Waals surface area contributed by atoms with E-state index in [0.29, 0.717) is 0 Å². The third-order valence-corrected chi connectivity index (χ3v) is 2.84. The average Bonchev–Trinajstić information content (AvgIpc) is 2.72. The van der Waals surface area contributed by atoms with Gasteiger partial charge < -0.3 is 9.74 Å². The van der Waals surface area contributed by atoms with Crippen LogP contribution in [0.1, 0.15) is 32.1 Å². The first kappa shape index (κ1) is 12.3. The molecule has 6 nitrogen and oxygen atoms in total. The molecule has 0 aromatic heterocycles. The maximum Gasteiger partial charge on any atom is 0.269 e. The van der Waals surface area contributed by atoms with Crippen LogP contribution in [0, 0.1) is 10.1 Å². The lowest BCUT2D eigenvalue weighted by atomic mass is 10.1. The molecule has 0 spiro atoms. The van der Waals surface area contributed by atoms with Gasteiger partial charge in [-0.2, -0.15) is 0 Å². The molecule has 0 aliphatic carbocycles. The number of benzene rings is 1. The van der Waals surface area contributed by atoms with Gasteiger partial charge in [0, 0.05) is 24.2 Å². The van der Waals surface area contributed by atoms with Crippen molar-refractivity contribution in [3.63, 3.8) is 0 Å². The fourth-order valence-corrected chi connectivity index (χ4v) is 1.93. The van der Waals surface area contributed by atoms with Crippen molar-refractivity contribution in [1.82, 2.24) is 4.90 Å². The van der Waals surface area contributed by atoms with Crippen LogP contribution in [-0.2, 0) is 4.84 Å². The number of oxime groups is 1. The van der Waals surface area contributed by atoms with Crippen molar-refractivity contribution in [3.8, 4) is 0 Å². The third kappa shape index (κ3) is 2.27. The first-order valence-corrected chi connectivity index (χ1v) is 5.85. The number of non-ortho nitro benzene ring substituents is 1. The van der Waals surface area contributed by atoms with Crippen LogP contribution in [0.5, 0.6) is 0 Å². The molecule has 0 saturated carbocycles. The SMILES string of the molecule is CCCN1C(C)=NOC1c1ccc([N+](=O)[O-])cc1. The molecule has 0 fully saturated rings. The molecule has 6 heteroatoms. The fraction of sp³-hybridized carbons (Fsp3) is 0.417. The van der Waals surface area contributed by atoms with Gasteiger partial charge in [-0.25, -0.2) is 0 Å². The van der Waals surface area contributed by atoms with Crippen molar-refractivity contribution in [2.75, 3.05) is 6.54 Å². The standard InChI is InChI=1S/C12H15N3O3/c1-3-8-14-9(2)13-18-12(14)10-4-6-11(7-5-10)15(16)17/h4-7,12H,3,8H2,1-2H3. The molecule has 1 aromatic carbocycles. The van der Waals surface area contributed by atoms with Crippen LogP contribution >= 0.6 is 0 Å². The zero-order valence-electron chi connectivity index (χ0n) is 10.4. The summed E-state index contributed by atoms with van der Waals surface area (Å²) in [6.07, 6.45) is 0.713. The van der Waals surface area contributed by atoms with Gasteiger partial charge in [-0.05, 0) is 25.5 Å². The molecule has 0 N–H and O–H groups in total. The van der Waals surface area contributed by atoms with E-state index in [2.05, 4.69) is 12.1 Å². The quantitative estimate of drug-likeness (QED) is 0.607. The Hall–Kier alpha value is -2.11. The van der Waals surface area contributed by atoms with Crippen LogP contribution in [0.25, 0.3) is 0 Å². The van der Waals surface area contributed by atoms with Crippen molar-refractivity contribution in [2.24, 2.45) is 5.16 Å². The van der Waals surface area contributed by atoms with E-state index in [1.807, 2.05) is 11.8 Å². The Bertz CT molecular complexity index is 470. The van der Waals surface area contributed by atoms with Crippen molar-refractivity contribution in [3.05, 3.63) is 39.9 Å². The van der Waals surface area contributed by atoms with Crippen molar-refractivity contribution < 1.29 is 9.76 Å². The Morgan fingerprint density at radius 2 is 2.11 bits per heavy atom. The smallest absolute Gasteiger partial charge is 0.269 e. The zero-order chi connectivity index (χ0) is 13.1.